The van der Waals surface area contributed by atoms with Crippen LogP contribution in [-0.2, 0) is 4.79 Å². The van der Waals surface area contributed by atoms with Gasteiger partial charge in [-0.1, -0.05) is 20.8 Å². The molecule has 0 aromatic heterocycles. The predicted octanol–water partition coefficient (Wildman–Crippen LogP) is 0.635. The molecule has 0 unspecified atom stereocenters. The summed E-state index contributed by atoms with van der Waals surface area (Å²) in [5.41, 5.74) is 5.54. The van der Waals surface area contributed by atoms with Crippen molar-refractivity contribution in [2.45, 2.75) is 33.2 Å². The molecule has 76 valence electrons. The molecule has 0 aromatic carbocycles. The molecule has 0 saturated carbocycles. The second-order valence-electron chi connectivity index (χ2n) is 4.96. The van der Waals surface area contributed by atoms with Crippen LogP contribution in [0.25, 0.3) is 0 Å². The molecule has 1 aliphatic rings. The van der Waals surface area contributed by atoms with Crippen LogP contribution in [0, 0.1) is 5.41 Å². The van der Waals surface area contributed by atoms with Gasteiger partial charge in [0, 0.05) is 24.5 Å². The van der Waals surface area contributed by atoms with E-state index in [1.54, 1.807) is 0 Å². The molecular formula is C10H20N2O. The molecule has 2 N–H and O–H groups in total. The fraction of sp³-hybridized carbons (Fsp3) is 0.900. The van der Waals surface area contributed by atoms with Crippen molar-refractivity contribution in [2.24, 2.45) is 11.1 Å². The monoisotopic (exact) mass is 184 g/mol. The van der Waals surface area contributed by atoms with Crippen LogP contribution < -0.4 is 5.73 Å². The number of nitrogens with zero attached hydrogens (tertiary/aromatic N) is 1. The zero-order valence-electron chi connectivity index (χ0n) is 8.84. The van der Waals surface area contributed by atoms with Gasteiger partial charge in [-0.15, -0.1) is 0 Å². The first-order chi connectivity index (χ1) is 5.89. The Morgan fingerprint density at radius 1 is 1.54 bits per heavy atom. The molecule has 1 fully saturated rings. The molecule has 3 nitrogen and oxygen atoms in total. The summed E-state index contributed by atoms with van der Waals surface area (Å²) in [5.74, 6) is 0.307. The second-order valence-corrected chi connectivity index (χ2v) is 4.96. The van der Waals surface area contributed by atoms with E-state index < -0.39 is 0 Å². The van der Waals surface area contributed by atoms with E-state index in [1.165, 1.54) is 0 Å². The Bertz CT molecular complexity index is 196. The average molecular weight is 184 g/mol. The van der Waals surface area contributed by atoms with Crippen LogP contribution in [0.2, 0.25) is 0 Å². The number of hydrogen-bond donors (Lipinski definition) is 1. The smallest absolute Gasteiger partial charge is 0.152 e. The maximum absolute atomic E-state index is 11.6. The Kier molecular flexibility index (Phi) is 3.09. The second kappa shape index (κ2) is 3.76. The lowest BCUT2D eigenvalue weighted by atomic mass is 9.90. The lowest BCUT2D eigenvalue weighted by molar-refractivity contribution is -0.127. The van der Waals surface area contributed by atoms with Crippen molar-refractivity contribution in [3.63, 3.8) is 0 Å². The van der Waals surface area contributed by atoms with Crippen LogP contribution in [-0.4, -0.2) is 36.4 Å². The van der Waals surface area contributed by atoms with Crippen LogP contribution in [0.15, 0.2) is 0 Å². The first kappa shape index (κ1) is 10.7. The van der Waals surface area contributed by atoms with Crippen LogP contribution in [0.3, 0.4) is 0 Å². The third-order valence-electron chi connectivity index (χ3n) is 2.51. The summed E-state index contributed by atoms with van der Waals surface area (Å²) in [6, 6.07) is 0.271. The normalized spacial score (nSPS) is 25.1. The van der Waals surface area contributed by atoms with E-state index in [-0.39, 0.29) is 11.5 Å². The molecule has 0 radical (unpaired) electrons. The van der Waals surface area contributed by atoms with Crippen molar-refractivity contribution in [2.75, 3.05) is 19.6 Å². The van der Waals surface area contributed by atoms with Gasteiger partial charge in [-0.25, -0.2) is 0 Å². The third-order valence-corrected chi connectivity index (χ3v) is 2.51. The minimum absolute atomic E-state index is 0.216. The molecule has 1 atom stereocenters. The van der Waals surface area contributed by atoms with Gasteiger partial charge in [-0.05, 0) is 6.42 Å². The Labute approximate surface area is 80.3 Å². The van der Waals surface area contributed by atoms with Crippen molar-refractivity contribution < 1.29 is 4.79 Å². The zero-order chi connectivity index (χ0) is 10.1. The quantitative estimate of drug-likeness (QED) is 0.685. The minimum Gasteiger partial charge on any atom is -0.326 e. The van der Waals surface area contributed by atoms with Crippen molar-refractivity contribution in [1.82, 2.24) is 4.90 Å². The number of likely N-dealkylation sites (tertiary alicyclic amines) is 1. The van der Waals surface area contributed by atoms with Crippen LogP contribution in [0.1, 0.15) is 27.2 Å². The van der Waals surface area contributed by atoms with E-state index in [4.69, 9.17) is 5.73 Å². The maximum Gasteiger partial charge on any atom is 0.152 e. The molecule has 3 heteroatoms. The van der Waals surface area contributed by atoms with E-state index in [2.05, 4.69) is 4.90 Å². The Balaban J connectivity index is 2.37. The van der Waals surface area contributed by atoms with E-state index in [0.29, 0.717) is 12.3 Å². The first-order valence-electron chi connectivity index (χ1n) is 4.91. The van der Waals surface area contributed by atoms with Crippen LogP contribution in [0.5, 0.6) is 0 Å². The summed E-state index contributed by atoms with van der Waals surface area (Å²) in [5, 5.41) is 0. The van der Waals surface area contributed by atoms with E-state index in [9.17, 15) is 4.79 Å². The molecule has 0 aromatic rings. The highest BCUT2D eigenvalue weighted by Gasteiger charge is 2.26. The van der Waals surface area contributed by atoms with Gasteiger partial charge in [-0.2, -0.15) is 0 Å². The zero-order valence-corrected chi connectivity index (χ0v) is 8.84. The Morgan fingerprint density at radius 3 is 2.54 bits per heavy atom. The van der Waals surface area contributed by atoms with E-state index in [0.717, 1.165) is 19.5 Å². The van der Waals surface area contributed by atoms with Gasteiger partial charge in [0.1, 0.15) is 0 Å². The highest BCUT2D eigenvalue weighted by molar-refractivity contribution is 5.85. The largest absolute Gasteiger partial charge is 0.326 e. The average Bonchev–Trinajstić information content (AvgIpc) is 2.33. The van der Waals surface area contributed by atoms with Crippen LogP contribution in [0.4, 0.5) is 0 Å². The highest BCUT2D eigenvalue weighted by Crippen LogP contribution is 2.16. The molecule has 0 aliphatic carbocycles. The standard InChI is InChI=1S/C10H20N2O/c1-10(2,3)9(13)7-12-5-4-8(11)6-12/h8H,4-7,11H2,1-3H3/t8-/m0/s1. The van der Waals surface area contributed by atoms with Gasteiger partial charge in [0.2, 0.25) is 0 Å². The summed E-state index contributed by atoms with van der Waals surface area (Å²) in [4.78, 5) is 13.8. The number of carbonyl (C=O) groups excluding carboxylic acids is 1. The summed E-state index contributed by atoms with van der Waals surface area (Å²) in [7, 11) is 0. The van der Waals surface area contributed by atoms with Gasteiger partial charge in [0.05, 0.1) is 6.54 Å². The molecule has 0 bridgehead atoms. The summed E-state index contributed by atoms with van der Waals surface area (Å²) >= 11 is 0. The molecule has 1 heterocycles. The number of Topliss-reactive ketones (excluding diaryl/α,β-unsaturated/α-hetero) is 1. The fourth-order valence-corrected chi connectivity index (χ4v) is 1.45. The van der Waals surface area contributed by atoms with Crippen molar-refractivity contribution in [3.05, 3.63) is 0 Å². The van der Waals surface area contributed by atoms with Crippen molar-refractivity contribution in [1.29, 1.82) is 0 Å². The maximum atomic E-state index is 11.6. The number of nitrogens with two attached hydrogens (primary N) is 1. The van der Waals surface area contributed by atoms with Gasteiger partial charge in [-0.3, -0.25) is 9.69 Å². The molecular weight excluding hydrogens is 164 g/mol. The number of carbonyl (C=O) groups is 1. The first-order valence-corrected chi connectivity index (χ1v) is 4.91. The third kappa shape index (κ3) is 3.08. The van der Waals surface area contributed by atoms with Crippen molar-refractivity contribution in [3.8, 4) is 0 Å². The van der Waals surface area contributed by atoms with Crippen LogP contribution >= 0.6 is 0 Å². The Morgan fingerprint density at radius 2 is 2.15 bits per heavy atom. The number of rotatable bonds is 2. The molecule has 1 aliphatic heterocycles. The van der Waals surface area contributed by atoms with Gasteiger partial charge < -0.3 is 5.73 Å². The van der Waals surface area contributed by atoms with E-state index >= 15 is 0 Å². The minimum atomic E-state index is -0.216. The SMILES string of the molecule is CC(C)(C)C(=O)CN1CC[C@H](N)C1. The predicted molar refractivity (Wildman–Crippen MR) is 53.5 cm³/mol. The van der Waals surface area contributed by atoms with Gasteiger partial charge in [0.15, 0.2) is 5.78 Å². The number of hydrogen-bond acceptors (Lipinski definition) is 3. The molecule has 0 spiro atoms. The topological polar surface area (TPSA) is 46.3 Å². The van der Waals surface area contributed by atoms with E-state index in [1.807, 2.05) is 20.8 Å². The molecule has 1 rings (SSSR count). The summed E-state index contributed by atoms with van der Waals surface area (Å²) in [6.45, 7) is 8.31. The lowest BCUT2D eigenvalue weighted by Gasteiger charge is -2.21. The summed E-state index contributed by atoms with van der Waals surface area (Å²) in [6.07, 6.45) is 1.03. The highest BCUT2D eigenvalue weighted by atomic mass is 16.1. The Hall–Kier alpha value is -0.410. The molecule has 0 amide bonds. The van der Waals surface area contributed by atoms with Crippen molar-refractivity contribution >= 4 is 5.78 Å². The lowest BCUT2D eigenvalue weighted by Crippen LogP contribution is -2.36. The number of ketones is 1. The fourth-order valence-electron chi connectivity index (χ4n) is 1.45. The van der Waals surface area contributed by atoms with Gasteiger partial charge in [0.25, 0.3) is 0 Å². The molecule has 13 heavy (non-hydrogen) atoms. The molecule has 1 saturated heterocycles. The summed E-state index contributed by atoms with van der Waals surface area (Å²) < 4.78 is 0. The van der Waals surface area contributed by atoms with Gasteiger partial charge >= 0.3 is 0 Å².